The largest absolute Gasteiger partial charge is 0.392 e. The molecule has 0 spiro atoms. The maximum absolute atomic E-state index is 12.1. The Labute approximate surface area is 139 Å². The number of anilines is 1. The molecule has 1 heterocycles. The van der Waals surface area contributed by atoms with Gasteiger partial charge < -0.3 is 10.4 Å². The lowest BCUT2D eigenvalue weighted by molar-refractivity contribution is -0.118. The number of amides is 1. The summed E-state index contributed by atoms with van der Waals surface area (Å²) in [5.74, 6) is 0.0485. The van der Waals surface area contributed by atoms with Crippen molar-refractivity contribution in [2.24, 2.45) is 5.92 Å². The number of aliphatic hydroxyl groups excluding tert-OH is 1. The van der Waals surface area contributed by atoms with Gasteiger partial charge in [0.1, 0.15) is 0 Å². The van der Waals surface area contributed by atoms with Crippen molar-refractivity contribution in [2.45, 2.75) is 19.4 Å². The third kappa shape index (κ3) is 4.47. The van der Waals surface area contributed by atoms with Crippen LogP contribution in [-0.4, -0.2) is 41.7 Å². The summed E-state index contributed by atoms with van der Waals surface area (Å²) < 4.78 is 0. The van der Waals surface area contributed by atoms with E-state index in [1.165, 1.54) is 12.1 Å². The number of carbonyl (C=O) groups excluding carboxylic acids is 1. The average Bonchev–Trinajstić information content (AvgIpc) is 2.38. The maximum Gasteiger partial charge on any atom is 0.238 e. The molecule has 0 radical (unpaired) electrons. The number of rotatable bonds is 3. The predicted molar refractivity (Wildman–Crippen MR) is 86.3 cm³/mol. The summed E-state index contributed by atoms with van der Waals surface area (Å²) in [4.78, 5) is 14.0. The molecule has 2 atom stereocenters. The van der Waals surface area contributed by atoms with Gasteiger partial charge in [-0.2, -0.15) is 0 Å². The molecule has 1 aliphatic heterocycles. The van der Waals surface area contributed by atoms with Crippen molar-refractivity contribution >= 4 is 46.4 Å². The Bertz CT molecular complexity index is 516. The number of hydrogen-bond donors (Lipinski definition) is 2. The number of benzene rings is 1. The van der Waals surface area contributed by atoms with Crippen molar-refractivity contribution in [3.05, 3.63) is 27.2 Å². The number of nitrogens with zero attached hydrogens (tertiary/aromatic N) is 1. The quantitative estimate of drug-likeness (QED) is 0.878. The highest BCUT2D eigenvalue weighted by molar-refractivity contribution is 6.42. The molecule has 0 aliphatic carbocycles. The molecule has 21 heavy (non-hydrogen) atoms. The Morgan fingerprint density at radius 1 is 1.38 bits per heavy atom. The maximum atomic E-state index is 12.1. The van der Waals surface area contributed by atoms with Crippen LogP contribution >= 0.6 is 34.8 Å². The summed E-state index contributed by atoms with van der Waals surface area (Å²) in [5.41, 5.74) is 0.360. The van der Waals surface area contributed by atoms with Crippen molar-refractivity contribution in [1.82, 2.24) is 4.90 Å². The van der Waals surface area contributed by atoms with Gasteiger partial charge in [-0.15, -0.1) is 0 Å². The Morgan fingerprint density at radius 2 is 2.00 bits per heavy atom. The minimum absolute atomic E-state index is 0.194. The molecular weight excluding hydrogens is 335 g/mol. The SMILES string of the molecule is CC1CCN(CC(=O)Nc2c(Cl)cc(Cl)cc2Cl)CC1O. The lowest BCUT2D eigenvalue weighted by atomic mass is 9.96. The summed E-state index contributed by atoms with van der Waals surface area (Å²) >= 11 is 17.9. The minimum atomic E-state index is -0.394. The first-order chi connectivity index (χ1) is 9.86. The third-order valence-corrected chi connectivity index (χ3v) is 4.46. The van der Waals surface area contributed by atoms with Gasteiger partial charge in [-0.25, -0.2) is 0 Å². The van der Waals surface area contributed by atoms with Gasteiger partial charge in [-0.3, -0.25) is 9.69 Å². The normalized spacial score (nSPS) is 23.1. The predicted octanol–water partition coefficient (Wildman–Crippen LogP) is 3.29. The van der Waals surface area contributed by atoms with Crippen LogP contribution in [0.25, 0.3) is 0 Å². The molecule has 0 saturated carbocycles. The topological polar surface area (TPSA) is 52.6 Å². The van der Waals surface area contributed by atoms with E-state index in [0.717, 1.165) is 13.0 Å². The highest BCUT2D eigenvalue weighted by Gasteiger charge is 2.25. The lowest BCUT2D eigenvalue weighted by Gasteiger charge is -2.33. The summed E-state index contributed by atoms with van der Waals surface area (Å²) in [6, 6.07) is 3.05. The molecule has 0 bridgehead atoms. The summed E-state index contributed by atoms with van der Waals surface area (Å²) in [6.07, 6.45) is 0.478. The standard InChI is InChI=1S/C14H17Cl3N2O2/c1-8-2-3-19(6-12(8)20)7-13(21)18-14-10(16)4-9(15)5-11(14)17/h4-5,8,12,20H,2-3,6-7H2,1H3,(H,18,21). The number of piperidine rings is 1. The molecule has 116 valence electrons. The van der Waals surface area contributed by atoms with E-state index < -0.39 is 6.10 Å². The van der Waals surface area contributed by atoms with Crippen molar-refractivity contribution in [3.8, 4) is 0 Å². The zero-order valence-corrected chi connectivity index (χ0v) is 13.8. The molecule has 1 fully saturated rings. The molecule has 1 aliphatic rings. The van der Waals surface area contributed by atoms with E-state index in [-0.39, 0.29) is 18.4 Å². The van der Waals surface area contributed by atoms with Gasteiger partial charge in [0.25, 0.3) is 0 Å². The van der Waals surface area contributed by atoms with Crippen molar-refractivity contribution in [1.29, 1.82) is 0 Å². The fraction of sp³-hybridized carbons (Fsp3) is 0.500. The van der Waals surface area contributed by atoms with Gasteiger partial charge in [0.05, 0.1) is 28.4 Å². The zero-order valence-electron chi connectivity index (χ0n) is 11.6. The van der Waals surface area contributed by atoms with Crippen LogP contribution in [0, 0.1) is 5.92 Å². The third-order valence-electron chi connectivity index (χ3n) is 3.64. The van der Waals surface area contributed by atoms with E-state index in [0.29, 0.717) is 27.3 Å². The molecule has 1 aromatic carbocycles. The van der Waals surface area contributed by atoms with E-state index in [2.05, 4.69) is 5.32 Å². The highest BCUT2D eigenvalue weighted by atomic mass is 35.5. The van der Waals surface area contributed by atoms with Crippen LogP contribution in [-0.2, 0) is 4.79 Å². The second-order valence-electron chi connectivity index (χ2n) is 5.36. The monoisotopic (exact) mass is 350 g/mol. The molecule has 7 heteroatoms. The van der Waals surface area contributed by atoms with Gasteiger partial charge >= 0.3 is 0 Å². The summed E-state index contributed by atoms with van der Waals surface area (Å²) in [5, 5.41) is 13.5. The van der Waals surface area contributed by atoms with Gasteiger partial charge in [0.2, 0.25) is 5.91 Å². The van der Waals surface area contributed by atoms with Crippen LogP contribution in [0.3, 0.4) is 0 Å². The second-order valence-corrected chi connectivity index (χ2v) is 6.61. The van der Waals surface area contributed by atoms with Crippen LogP contribution in [0.4, 0.5) is 5.69 Å². The van der Waals surface area contributed by atoms with Crippen LogP contribution in [0.2, 0.25) is 15.1 Å². The molecule has 2 unspecified atom stereocenters. The fourth-order valence-electron chi connectivity index (χ4n) is 2.30. The number of β-amino-alcohol motifs (C(OH)–C–C–N with tert-alkyl or cyclic N) is 1. The average molecular weight is 352 g/mol. The molecule has 0 aromatic heterocycles. The van der Waals surface area contributed by atoms with Crippen LogP contribution in [0.5, 0.6) is 0 Å². The van der Waals surface area contributed by atoms with E-state index >= 15 is 0 Å². The first-order valence-electron chi connectivity index (χ1n) is 6.71. The van der Waals surface area contributed by atoms with Gasteiger partial charge in [-0.05, 0) is 31.0 Å². The van der Waals surface area contributed by atoms with Crippen LogP contribution in [0.1, 0.15) is 13.3 Å². The van der Waals surface area contributed by atoms with Gasteiger partial charge in [0, 0.05) is 11.6 Å². The number of halogens is 3. The molecule has 1 aromatic rings. The number of hydrogen-bond acceptors (Lipinski definition) is 3. The molecular formula is C14H17Cl3N2O2. The fourth-order valence-corrected chi connectivity index (χ4v) is 3.21. The van der Waals surface area contributed by atoms with E-state index in [4.69, 9.17) is 34.8 Å². The Kier molecular flexibility index (Phi) is 5.74. The molecule has 1 amide bonds. The minimum Gasteiger partial charge on any atom is -0.392 e. The zero-order chi connectivity index (χ0) is 15.6. The Hall–Kier alpha value is -0.520. The Morgan fingerprint density at radius 3 is 2.57 bits per heavy atom. The Balaban J connectivity index is 1.96. The lowest BCUT2D eigenvalue weighted by Crippen LogP contribution is -2.45. The van der Waals surface area contributed by atoms with Gasteiger partial charge in [0.15, 0.2) is 0 Å². The molecule has 2 rings (SSSR count). The van der Waals surface area contributed by atoms with Crippen LogP contribution < -0.4 is 5.32 Å². The van der Waals surface area contributed by atoms with E-state index in [1.807, 2.05) is 11.8 Å². The smallest absolute Gasteiger partial charge is 0.238 e. The van der Waals surface area contributed by atoms with Crippen LogP contribution in [0.15, 0.2) is 12.1 Å². The number of nitrogens with one attached hydrogen (secondary N) is 1. The molecule has 1 saturated heterocycles. The number of aliphatic hydroxyl groups is 1. The van der Waals surface area contributed by atoms with Crippen molar-refractivity contribution in [3.63, 3.8) is 0 Å². The number of likely N-dealkylation sites (tertiary alicyclic amines) is 1. The first kappa shape index (κ1) is 16.8. The number of carbonyl (C=O) groups is 1. The first-order valence-corrected chi connectivity index (χ1v) is 7.85. The van der Waals surface area contributed by atoms with Crippen molar-refractivity contribution in [2.75, 3.05) is 25.0 Å². The van der Waals surface area contributed by atoms with Gasteiger partial charge in [-0.1, -0.05) is 41.7 Å². The molecule has 2 N–H and O–H groups in total. The summed E-state index contributed by atoms with van der Waals surface area (Å²) in [7, 11) is 0. The van der Waals surface area contributed by atoms with E-state index in [1.54, 1.807) is 0 Å². The summed E-state index contributed by atoms with van der Waals surface area (Å²) in [6.45, 7) is 3.48. The second kappa shape index (κ2) is 7.16. The highest BCUT2D eigenvalue weighted by Crippen LogP contribution is 2.33. The van der Waals surface area contributed by atoms with E-state index in [9.17, 15) is 9.90 Å². The van der Waals surface area contributed by atoms with Crippen molar-refractivity contribution < 1.29 is 9.90 Å². The molecule has 4 nitrogen and oxygen atoms in total.